The lowest BCUT2D eigenvalue weighted by molar-refractivity contribution is -0.112. The summed E-state index contributed by atoms with van der Waals surface area (Å²) in [4.78, 5) is 29.9. The minimum atomic E-state index is -0.867. The van der Waals surface area contributed by atoms with E-state index >= 15 is 0 Å². The lowest BCUT2D eigenvalue weighted by Crippen LogP contribution is -2.39. The predicted octanol–water partition coefficient (Wildman–Crippen LogP) is 1.61. The minimum absolute atomic E-state index is 0.116. The van der Waals surface area contributed by atoms with E-state index in [2.05, 4.69) is 15.3 Å². The van der Waals surface area contributed by atoms with Crippen LogP contribution in [0, 0.1) is 0 Å². The van der Waals surface area contributed by atoms with Gasteiger partial charge in [0.2, 0.25) is 12.3 Å². The standard InChI is InChI=1S/C16H17N3O3/c1-16(7-8-20,19-12-21)14-9-18-15(10-17-14)22-11-13-5-3-2-4-6-13/h2-6,8-10,12H,7,11H2,1H3,(H,19,21). The smallest absolute Gasteiger partial charge is 0.232 e. The number of amides is 1. The lowest BCUT2D eigenvalue weighted by Gasteiger charge is -2.25. The number of ether oxygens (including phenoxy) is 1. The van der Waals surface area contributed by atoms with Crippen molar-refractivity contribution in [1.29, 1.82) is 0 Å². The molecule has 0 aliphatic carbocycles. The Hall–Kier alpha value is -2.76. The molecule has 1 N–H and O–H groups in total. The highest BCUT2D eigenvalue weighted by molar-refractivity contribution is 5.56. The van der Waals surface area contributed by atoms with Crippen LogP contribution in [0.2, 0.25) is 0 Å². The fourth-order valence-corrected chi connectivity index (χ4v) is 1.94. The highest BCUT2D eigenvalue weighted by atomic mass is 16.5. The predicted molar refractivity (Wildman–Crippen MR) is 80.0 cm³/mol. The quantitative estimate of drug-likeness (QED) is 0.749. The Bertz CT molecular complexity index is 604. The molecule has 0 aliphatic heterocycles. The molecule has 0 saturated heterocycles. The number of nitrogens with one attached hydrogen (secondary N) is 1. The van der Waals surface area contributed by atoms with Crippen molar-refractivity contribution in [3.05, 3.63) is 54.0 Å². The summed E-state index contributed by atoms with van der Waals surface area (Å²) in [5.74, 6) is 0.382. The van der Waals surface area contributed by atoms with Crippen LogP contribution in [0.1, 0.15) is 24.6 Å². The zero-order chi connectivity index (χ0) is 15.8. The first-order valence-corrected chi connectivity index (χ1v) is 6.82. The maximum atomic E-state index is 10.8. The number of aromatic nitrogens is 2. The van der Waals surface area contributed by atoms with E-state index in [-0.39, 0.29) is 6.42 Å². The van der Waals surface area contributed by atoms with Crippen molar-refractivity contribution < 1.29 is 14.3 Å². The van der Waals surface area contributed by atoms with Crippen LogP contribution in [0.4, 0.5) is 0 Å². The van der Waals surface area contributed by atoms with Crippen LogP contribution in [0.3, 0.4) is 0 Å². The van der Waals surface area contributed by atoms with Gasteiger partial charge in [-0.2, -0.15) is 0 Å². The fraction of sp³-hybridized carbons (Fsp3) is 0.250. The van der Waals surface area contributed by atoms with Gasteiger partial charge in [-0.05, 0) is 12.5 Å². The van der Waals surface area contributed by atoms with Crippen LogP contribution in [-0.4, -0.2) is 22.7 Å². The molecule has 6 nitrogen and oxygen atoms in total. The number of rotatable bonds is 8. The average Bonchev–Trinajstić information content (AvgIpc) is 2.55. The molecule has 1 atom stereocenters. The van der Waals surface area contributed by atoms with E-state index in [0.717, 1.165) is 11.8 Å². The van der Waals surface area contributed by atoms with Gasteiger partial charge in [-0.3, -0.25) is 9.78 Å². The third kappa shape index (κ3) is 3.88. The van der Waals surface area contributed by atoms with Crippen LogP contribution in [-0.2, 0) is 21.7 Å². The van der Waals surface area contributed by atoms with Gasteiger partial charge in [0.05, 0.1) is 23.6 Å². The Labute approximate surface area is 128 Å². The summed E-state index contributed by atoms with van der Waals surface area (Å²) in [6.45, 7) is 2.11. The molecule has 0 aliphatic rings. The molecule has 1 unspecified atom stereocenters. The summed E-state index contributed by atoms with van der Waals surface area (Å²) >= 11 is 0. The largest absolute Gasteiger partial charge is 0.472 e. The second-order valence-corrected chi connectivity index (χ2v) is 4.98. The Morgan fingerprint density at radius 1 is 1.18 bits per heavy atom. The molecule has 1 amide bonds. The van der Waals surface area contributed by atoms with Crippen LogP contribution < -0.4 is 10.1 Å². The summed E-state index contributed by atoms with van der Waals surface area (Å²) in [5.41, 5.74) is 0.662. The number of aldehydes is 1. The van der Waals surface area contributed by atoms with E-state index in [1.807, 2.05) is 30.3 Å². The number of nitrogens with zero attached hydrogens (tertiary/aromatic N) is 2. The van der Waals surface area contributed by atoms with Gasteiger partial charge >= 0.3 is 0 Å². The van der Waals surface area contributed by atoms with Crippen molar-refractivity contribution in [2.24, 2.45) is 0 Å². The van der Waals surface area contributed by atoms with Gasteiger partial charge in [-0.15, -0.1) is 0 Å². The first kappa shape index (κ1) is 15.6. The molecule has 114 valence electrons. The summed E-state index contributed by atoms with van der Waals surface area (Å²) in [7, 11) is 0. The molecule has 1 heterocycles. The van der Waals surface area contributed by atoms with Crippen molar-refractivity contribution in [2.75, 3.05) is 0 Å². The van der Waals surface area contributed by atoms with Crippen molar-refractivity contribution in [2.45, 2.75) is 25.5 Å². The van der Waals surface area contributed by atoms with Crippen molar-refractivity contribution in [3.8, 4) is 5.88 Å². The first-order chi connectivity index (χ1) is 10.7. The molecule has 0 saturated carbocycles. The monoisotopic (exact) mass is 299 g/mol. The van der Waals surface area contributed by atoms with Gasteiger partial charge in [0.15, 0.2) is 0 Å². The summed E-state index contributed by atoms with van der Waals surface area (Å²) in [5, 5.41) is 2.60. The fourth-order valence-electron chi connectivity index (χ4n) is 1.94. The molecule has 0 bridgehead atoms. The number of carbonyl (C=O) groups is 2. The average molecular weight is 299 g/mol. The van der Waals surface area contributed by atoms with Crippen molar-refractivity contribution in [1.82, 2.24) is 15.3 Å². The Morgan fingerprint density at radius 3 is 2.55 bits per heavy atom. The van der Waals surface area contributed by atoms with Crippen molar-refractivity contribution >= 4 is 12.7 Å². The number of hydrogen-bond donors (Lipinski definition) is 1. The SMILES string of the molecule is CC(CC=O)(NC=O)c1cnc(OCc2ccccc2)cn1. The van der Waals surface area contributed by atoms with Crippen LogP contribution in [0.25, 0.3) is 0 Å². The number of hydrogen-bond acceptors (Lipinski definition) is 5. The Kier molecular flexibility index (Phi) is 5.19. The van der Waals surface area contributed by atoms with Gasteiger partial charge in [-0.1, -0.05) is 30.3 Å². The zero-order valence-electron chi connectivity index (χ0n) is 12.2. The van der Waals surface area contributed by atoms with Gasteiger partial charge in [0, 0.05) is 6.42 Å². The van der Waals surface area contributed by atoms with Gasteiger partial charge in [0.1, 0.15) is 12.9 Å². The van der Waals surface area contributed by atoms with E-state index in [1.165, 1.54) is 12.4 Å². The van der Waals surface area contributed by atoms with Crippen LogP contribution >= 0.6 is 0 Å². The minimum Gasteiger partial charge on any atom is -0.472 e. The third-order valence-electron chi connectivity index (χ3n) is 3.29. The molecule has 6 heteroatoms. The van der Waals surface area contributed by atoms with Gasteiger partial charge in [0.25, 0.3) is 0 Å². The van der Waals surface area contributed by atoms with E-state index in [1.54, 1.807) is 6.92 Å². The molecule has 1 aromatic carbocycles. The summed E-state index contributed by atoms with van der Waals surface area (Å²) in [6.07, 6.45) is 4.38. The van der Waals surface area contributed by atoms with Gasteiger partial charge in [-0.25, -0.2) is 4.98 Å². The van der Waals surface area contributed by atoms with Crippen LogP contribution in [0.15, 0.2) is 42.7 Å². The zero-order valence-corrected chi connectivity index (χ0v) is 12.2. The highest BCUT2D eigenvalue weighted by Gasteiger charge is 2.27. The summed E-state index contributed by atoms with van der Waals surface area (Å²) < 4.78 is 5.55. The normalized spacial score (nSPS) is 13.0. The lowest BCUT2D eigenvalue weighted by atomic mass is 9.95. The van der Waals surface area contributed by atoms with E-state index in [9.17, 15) is 9.59 Å². The van der Waals surface area contributed by atoms with Gasteiger partial charge < -0.3 is 14.8 Å². The molecular formula is C16H17N3O3. The van der Waals surface area contributed by atoms with E-state index in [0.29, 0.717) is 24.6 Å². The molecule has 0 radical (unpaired) electrons. The molecule has 22 heavy (non-hydrogen) atoms. The molecule has 1 aromatic heterocycles. The molecule has 0 spiro atoms. The highest BCUT2D eigenvalue weighted by Crippen LogP contribution is 2.21. The topological polar surface area (TPSA) is 81.2 Å². The number of benzene rings is 1. The molecule has 2 rings (SSSR count). The Morgan fingerprint density at radius 2 is 1.95 bits per heavy atom. The second kappa shape index (κ2) is 7.31. The number of carbonyl (C=O) groups excluding carboxylic acids is 2. The van der Waals surface area contributed by atoms with E-state index < -0.39 is 5.54 Å². The third-order valence-corrected chi connectivity index (χ3v) is 3.29. The second-order valence-electron chi connectivity index (χ2n) is 4.98. The molecular weight excluding hydrogens is 282 g/mol. The first-order valence-electron chi connectivity index (χ1n) is 6.82. The molecule has 2 aromatic rings. The Balaban J connectivity index is 2.05. The van der Waals surface area contributed by atoms with Crippen molar-refractivity contribution in [3.63, 3.8) is 0 Å². The maximum Gasteiger partial charge on any atom is 0.232 e. The van der Waals surface area contributed by atoms with Crippen LogP contribution in [0.5, 0.6) is 5.88 Å². The summed E-state index contributed by atoms with van der Waals surface area (Å²) in [6, 6.07) is 9.72. The maximum absolute atomic E-state index is 10.8. The van der Waals surface area contributed by atoms with E-state index in [4.69, 9.17) is 4.74 Å². The molecule has 0 fully saturated rings.